The van der Waals surface area contributed by atoms with E-state index in [1.807, 2.05) is 0 Å². The highest BCUT2D eigenvalue weighted by atomic mass is 16.2. The molecule has 0 unspecified atom stereocenters. The van der Waals surface area contributed by atoms with E-state index in [1.165, 1.54) is 0 Å². The van der Waals surface area contributed by atoms with Crippen LogP contribution in [0.4, 0.5) is 5.95 Å². The molecule has 110 valence electrons. The van der Waals surface area contributed by atoms with E-state index in [-0.39, 0.29) is 24.3 Å². The summed E-state index contributed by atoms with van der Waals surface area (Å²) in [6.45, 7) is 1.49. The number of aromatic nitrogens is 3. The molecule has 4 N–H and O–H groups in total. The van der Waals surface area contributed by atoms with Crippen molar-refractivity contribution in [2.75, 3.05) is 18.8 Å². The minimum Gasteiger partial charge on any atom is -0.367 e. The standard InChI is InChI=1S/C12H20N6O2/c13-12-15-9(16-17-12)8-14-10(19)5-7-18-6-3-1-2-4-11(18)20/h1-8H2,(H,14,19)(H3,13,15,16,17). The van der Waals surface area contributed by atoms with Gasteiger partial charge in [-0.15, -0.1) is 5.10 Å². The number of hydrogen-bond acceptors (Lipinski definition) is 5. The number of rotatable bonds is 5. The van der Waals surface area contributed by atoms with Crippen LogP contribution in [0.1, 0.15) is 37.9 Å². The molecular formula is C12H20N6O2. The summed E-state index contributed by atoms with van der Waals surface area (Å²) < 4.78 is 0. The molecule has 0 bridgehead atoms. The van der Waals surface area contributed by atoms with Crippen LogP contribution in [0.2, 0.25) is 0 Å². The second-order valence-corrected chi connectivity index (χ2v) is 4.86. The van der Waals surface area contributed by atoms with E-state index in [4.69, 9.17) is 5.73 Å². The van der Waals surface area contributed by atoms with Gasteiger partial charge in [-0.2, -0.15) is 4.98 Å². The molecule has 0 spiro atoms. The van der Waals surface area contributed by atoms with Crippen LogP contribution in [-0.2, 0) is 16.1 Å². The molecule has 8 nitrogen and oxygen atoms in total. The molecule has 1 saturated heterocycles. The molecule has 0 atom stereocenters. The maximum absolute atomic E-state index is 11.8. The fourth-order valence-electron chi connectivity index (χ4n) is 2.17. The fraction of sp³-hybridized carbons (Fsp3) is 0.667. The molecule has 1 aliphatic rings. The number of nitrogen functional groups attached to an aromatic ring is 1. The molecular weight excluding hydrogens is 260 g/mol. The third-order valence-corrected chi connectivity index (χ3v) is 3.28. The fourth-order valence-corrected chi connectivity index (χ4v) is 2.17. The van der Waals surface area contributed by atoms with Crippen molar-refractivity contribution in [3.05, 3.63) is 5.82 Å². The second kappa shape index (κ2) is 6.88. The van der Waals surface area contributed by atoms with Gasteiger partial charge in [0.25, 0.3) is 0 Å². The summed E-state index contributed by atoms with van der Waals surface area (Å²) in [6, 6.07) is 0. The van der Waals surface area contributed by atoms with Crippen LogP contribution < -0.4 is 11.1 Å². The summed E-state index contributed by atoms with van der Waals surface area (Å²) in [5, 5.41) is 9.00. The minimum atomic E-state index is -0.114. The van der Waals surface area contributed by atoms with Crippen LogP contribution in [-0.4, -0.2) is 45.0 Å². The third-order valence-electron chi connectivity index (χ3n) is 3.28. The first-order valence-electron chi connectivity index (χ1n) is 6.86. The molecule has 0 aromatic carbocycles. The Bertz CT molecular complexity index is 472. The molecule has 0 aliphatic carbocycles. The summed E-state index contributed by atoms with van der Waals surface area (Å²) in [7, 11) is 0. The monoisotopic (exact) mass is 280 g/mol. The maximum Gasteiger partial charge on any atom is 0.239 e. The molecule has 0 saturated carbocycles. The van der Waals surface area contributed by atoms with Crippen LogP contribution in [0, 0.1) is 0 Å². The molecule has 20 heavy (non-hydrogen) atoms. The normalized spacial score (nSPS) is 16.0. The molecule has 1 aliphatic heterocycles. The number of anilines is 1. The van der Waals surface area contributed by atoms with Crippen molar-refractivity contribution in [3.8, 4) is 0 Å². The van der Waals surface area contributed by atoms with E-state index in [0.717, 1.165) is 25.8 Å². The highest BCUT2D eigenvalue weighted by Gasteiger charge is 2.17. The number of carbonyl (C=O) groups is 2. The number of nitrogens with two attached hydrogens (primary N) is 1. The van der Waals surface area contributed by atoms with E-state index in [9.17, 15) is 9.59 Å². The van der Waals surface area contributed by atoms with Gasteiger partial charge in [-0.25, -0.2) is 0 Å². The lowest BCUT2D eigenvalue weighted by molar-refractivity contribution is -0.131. The predicted molar refractivity (Wildman–Crippen MR) is 72.3 cm³/mol. The topological polar surface area (TPSA) is 117 Å². The Morgan fingerprint density at radius 3 is 3.00 bits per heavy atom. The van der Waals surface area contributed by atoms with Crippen molar-refractivity contribution in [2.45, 2.75) is 38.6 Å². The van der Waals surface area contributed by atoms with Gasteiger partial charge in [-0.1, -0.05) is 6.42 Å². The summed E-state index contributed by atoms with van der Waals surface area (Å²) in [5.41, 5.74) is 5.36. The van der Waals surface area contributed by atoms with E-state index < -0.39 is 0 Å². The largest absolute Gasteiger partial charge is 0.367 e. The molecule has 2 amide bonds. The van der Waals surface area contributed by atoms with E-state index in [1.54, 1.807) is 4.90 Å². The van der Waals surface area contributed by atoms with Crippen molar-refractivity contribution in [2.24, 2.45) is 0 Å². The number of H-pyrrole nitrogens is 1. The van der Waals surface area contributed by atoms with E-state index >= 15 is 0 Å². The Morgan fingerprint density at radius 1 is 1.40 bits per heavy atom. The highest BCUT2D eigenvalue weighted by Crippen LogP contribution is 2.11. The molecule has 1 aromatic rings. The summed E-state index contributed by atoms with van der Waals surface area (Å²) >= 11 is 0. The summed E-state index contributed by atoms with van der Waals surface area (Å²) in [4.78, 5) is 29.1. The van der Waals surface area contributed by atoms with Gasteiger partial charge in [0.2, 0.25) is 17.8 Å². The van der Waals surface area contributed by atoms with Gasteiger partial charge in [0.15, 0.2) is 0 Å². The number of nitrogens with one attached hydrogen (secondary N) is 2. The van der Waals surface area contributed by atoms with Crippen LogP contribution in [0.15, 0.2) is 0 Å². The minimum absolute atomic E-state index is 0.114. The van der Waals surface area contributed by atoms with Crippen LogP contribution in [0.3, 0.4) is 0 Å². The third kappa shape index (κ3) is 4.22. The van der Waals surface area contributed by atoms with Gasteiger partial charge in [-0.3, -0.25) is 14.7 Å². The quantitative estimate of drug-likeness (QED) is 0.690. The molecule has 1 fully saturated rings. The van der Waals surface area contributed by atoms with Crippen molar-refractivity contribution in [3.63, 3.8) is 0 Å². The lowest BCUT2D eigenvalue weighted by atomic mass is 10.2. The van der Waals surface area contributed by atoms with Crippen molar-refractivity contribution in [1.29, 1.82) is 0 Å². The molecule has 1 aromatic heterocycles. The van der Waals surface area contributed by atoms with E-state index in [0.29, 0.717) is 25.2 Å². The Labute approximate surface area is 117 Å². The summed E-state index contributed by atoms with van der Waals surface area (Å²) in [5.74, 6) is 0.710. The maximum atomic E-state index is 11.8. The Kier molecular flexibility index (Phi) is 4.91. The van der Waals surface area contributed by atoms with Gasteiger partial charge in [0.1, 0.15) is 5.82 Å². The molecule has 2 heterocycles. The van der Waals surface area contributed by atoms with Crippen molar-refractivity contribution >= 4 is 17.8 Å². The van der Waals surface area contributed by atoms with Gasteiger partial charge >= 0.3 is 0 Å². The first-order chi connectivity index (χ1) is 9.65. The number of likely N-dealkylation sites (tertiary alicyclic amines) is 1. The van der Waals surface area contributed by atoms with Crippen molar-refractivity contribution in [1.82, 2.24) is 25.4 Å². The van der Waals surface area contributed by atoms with Gasteiger partial charge in [0, 0.05) is 25.9 Å². The Hall–Kier alpha value is -2.12. The SMILES string of the molecule is Nc1n[nH]c(CNC(=O)CCN2CCCCCC2=O)n1. The second-order valence-electron chi connectivity index (χ2n) is 4.86. The number of amides is 2. The lowest BCUT2D eigenvalue weighted by Crippen LogP contribution is -2.34. The van der Waals surface area contributed by atoms with Crippen LogP contribution in [0.5, 0.6) is 0 Å². The number of nitrogens with zero attached hydrogens (tertiary/aromatic N) is 3. The highest BCUT2D eigenvalue weighted by molar-refractivity contribution is 5.79. The molecule has 2 rings (SSSR count). The van der Waals surface area contributed by atoms with Gasteiger partial charge in [-0.05, 0) is 12.8 Å². The predicted octanol–water partition coefficient (Wildman–Crippen LogP) is -0.204. The first kappa shape index (κ1) is 14.3. The van der Waals surface area contributed by atoms with Gasteiger partial charge in [0.05, 0.1) is 6.54 Å². The number of carbonyl (C=O) groups excluding carboxylic acids is 2. The average molecular weight is 280 g/mol. The Balaban J connectivity index is 1.70. The molecule has 0 radical (unpaired) electrons. The zero-order valence-corrected chi connectivity index (χ0v) is 11.4. The van der Waals surface area contributed by atoms with Crippen LogP contribution in [0.25, 0.3) is 0 Å². The average Bonchev–Trinajstić information content (AvgIpc) is 2.73. The zero-order chi connectivity index (χ0) is 14.4. The van der Waals surface area contributed by atoms with Gasteiger partial charge < -0.3 is 16.0 Å². The van der Waals surface area contributed by atoms with E-state index in [2.05, 4.69) is 20.5 Å². The lowest BCUT2D eigenvalue weighted by Gasteiger charge is -2.19. The number of hydrogen-bond donors (Lipinski definition) is 3. The molecule has 8 heteroatoms. The smallest absolute Gasteiger partial charge is 0.239 e. The van der Waals surface area contributed by atoms with Crippen molar-refractivity contribution < 1.29 is 9.59 Å². The van der Waals surface area contributed by atoms with Crippen LogP contribution >= 0.6 is 0 Å². The summed E-state index contributed by atoms with van der Waals surface area (Å²) in [6.07, 6.45) is 3.95. The zero-order valence-electron chi connectivity index (χ0n) is 11.4. The first-order valence-corrected chi connectivity index (χ1v) is 6.86. The number of aromatic amines is 1. The Morgan fingerprint density at radius 2 is 2.25 bits per heavy atom.